The van der Waals surface area contributed by atoms with E-state index in [1.807, 2.05) is 54.6 Å². The molecule has 0 spiro atoms. The first-order chi connectivity index (χ1) is 21.4. The van der Waals surface area contributed by atoms with Crippen molar-refractivity contribution < 1.29 is 19.1 Å². The summed E-state index contributed by atoms with van der Waals surface area (Å²) < 4.78 is 5.96. The van der Waals surface area contributed by atoms with Crippen LogP contribution in [0.15, 0.2) is 108 Å². The van der Waals surface area contributed by atoms with Gasteiger partial charge in [0.2, 0.25) is 11.8 Å². The van der Waals surface area contributed by atoms with Crippen LogP contribution in [0.5, 0.6) is 0 Å². The number of rotatable bonds is 13. The molecule has 2 amide bonds. The third kappa shape index (κ3) is 7.69. The van der Waals surface area contributed by atoms with Crippen molar-refractivity contribution >= 4 is 34.7 Å². The summed E-state index contributed by atoms with van der Waals surface area (Å²) in [6.07, 6.45) is 3.82. The summed E-state index contributed by atoms with van der Waals surface area (Å²) in [6, 6.07) is 29.5. The van der Waals surface area contributed by atoms with Crippen molar-refractivity contribution in [2.75, 3.05) is 13.1 Å². The molecule has 0 bridgehead atoms. The topological polar surface area (TPSA) is 141 Å². The lowest BCUT2D eigenvalue weighted by Gasteiger charge is -2.26. The highest BCUT2D eigenvalue weighted by atomic mass is 32.2. The third-order valence-electron chi connectivity index (χ3n) is 7.18. The number of carbonyl (C=O) groups is 2. The van der Waals surface area contributed by atoms with E-state index in [2.05, 4.69) is 26.7 Å². The summed E-state index contributed by atoms with van der Waals surface area (Å²) in [5, 5.41) is 26.4. The number of oxazole rings is 1. The fourth-order valence-electron chi connectivity index (χ4n) is 4.65. The van der Waals surface area contributed by atoms with Gasteiger partial charge in [0.25, 0.3) is 5.91 Å². The summed E-state index contributed by atoms with van der Waals surface area (Å²) in [4.78, 5) is 34.9. The molecule has 2 unspecified atom stereocenters. The molecule has 0 aliphatic carbocycles. The number of fused-ring (bicyclic) bond motifs is 1. The summed E-state index contributed by atoms with van der Waals surface area (Å²) in [5.41, 5.74) is 2.29. The van der Waals surface area contributed by atoms with Crippen LogP contribution in [0.25, 0.3) is 11.1 Å². The van der Waals surface area contributed by atoms with Crippen LogP contribution in [0.2, 0.25) is 0 Å². The molecule has 3 N–H and O–H groups in total. The fraction of sp³-hybridized carbons (Fsp3) is 0.206. The van der Waals surface area contributed by atoms with E-state index >= 15 is 0 Å². The molecule has 2 atom stereocenters. The predicted molar refractivity (Wildman–Crippen MR) is 168 cm³/mol. The molecule has 5 rings (SSSR count). The first-order valence-corrected chi connectivity index (χ1v) is 15.2. The second-order valence-corrected chi connectivity index (χ2v) is 11.4. The van der Waals surface area contributed by atoms with E-state index in [1.165, 1.54) is 24.2 Å². The van der Waals surface area contributed by atoms with E-state index in [9.17, 15) is 20.0 Å². The van der Waals surface area contributed by atoms with Crippen molar-refractivity contribution in [2.24, 2.45) is 0 Å². The number of nitriles is 1. The van der Waals surface area contributed by atoms with Gasteiger partial charge in [-0.15, -0.1) is 11.8 Å². The maximum atomic E-state index is 13.7. The summed E-state index contributed by atoms with van der Waals surface area (Å²) in [7, 11) is 0. The van der Waals surface area contributed by atoms with Crippen molar-refractivity contribution in [3.63, 3.8) is 0 Å². The lowest BCUT2D eigenvalue weighted by Crippen LogP contribution is -2.47. The number of aryl methyl sites for hydroxylation is 1. The minimum Gasteiger partial charge on any atom is -0.437 e. The Labute approximate surface area is 259 Å². The van der Waals surface area contributed by atoms with E-state index in [0.717, 1.165) is 11.1 Å². The van der Waals surface area contributed by atoms with Crippen LogP contribution in [0, 0.1) is 11.3 Å². The van der Waals surface area contributed by atoms with Crippen LogP contribution in [-0.4, -0.2) is 45.2 Å². The number of hydrogen-bond acceptors (Lipinski definition) is 8. The zero-order valence-corrected chi connectivity index (χ0v) is 24.7. The third-order valence-corrected chi connectivity index (χ3v) is 8.44. The Morgan fingerprint density at radius 3 is 2.45 bits per heavy atom. The van der Waals surface area contributed by atoms with E-state index in [-0.39, 0.29) is 37.2 Å². The van der Waals surface area contributed by atoms with Crippen LogP contribution in [0.4, 0.5) is 0 Å². The number of aromatic nitrogens is 2. The van der Waals surface area contributed by atoms with Gasteiger partial charge in [-0.1, -0.05) is 60.7 Å². The molecular weight excluding hydrogens is 574 g/mol. The Morgan fingerprint density at radius 1 is 0.955 bits per heavy atom. The molecule has 0 aliphatic heterocycles. The van der Waals surface area contributed by atoms with Gasteiger partial charge in [-0.3, -0.25) is 14.6 Å². The van der Waals surface area contributed by atoms with Crippen LogP contribution in [0.1, 0.15) is 39.4 Å². The Morgan fingerprint density at radius 2 is 1.68 bits per heavy atom. The SMILES string of the molecule is N#Cc1ccccc1CSC(CNC(=O)c1ccncc1)C(=O)NCC(O)(CCc1ccccc1)c1nc2ccccc2o1. The standard InChI is InChI=1S/C34H31N5O4S/c35-20-26-10-4-5-11-27(26)22-44-30(21-37-31(40)25-15-18-36-19-16-25)32(41)38-23-34(42,17-14-24-8-2-1-3-9-24)33-39-28-12-6-7-13-29(28)43-33/h1-13,15-16,18-19,30,42H,14,17,21-23H2,(H,37,40)(H,38,41). The largest absolute Gasteiger partial charge is 0.437 e. The van der Waals surface area contributed by atoms with Crippen LogP contribution in [0.3, 0.4) is 0 Å². The minimum absolute atomic E-state index is 0.0255. The number of benzene rings is 3. The molecule has 2 heterocycles. The maximum Gasteiger partial charge on any atom is 0.251 e. The molecule has 0 fully saturated rings. The van der Waals surface area contributed by atoms with Gasteiger partial charge in [-0.2, -0.15) is 5.26 Å². The van der Waals surface area contributed by atoms with Crippen LogP contribution < -0.4 is 10.6 Å². The van der Waals surface area contributed by atoms with Crippen molar-refractivity contribution in [2.45, 2.75) is 29.4 Å². The molecule has 0 saturated carbocycles. The van der Waals surface area contributed by atoms with Crippen molar-refractivity contribution in [1.29, 1.82) is 5.26 Å². The van der Waals surface area contributed by atoms with Crippen molar-refractivity contribution in [3.8, 4) is 6.07 Å². The molecule has 222 valence electrons. The predicted octanol–water partition coefficient (Wildman–Crippen LogP) is 4.76. The van der Waals surface area contributed by atoms with Crippen LogP contribution >= 0.6 is 11.8 Å². The molecule has 5 aromatic rings. The number of para-hydroxylation sites is 2. The molecule has 44 heavy (non-hydrogen) atoms. The van der Waals surface area contributed by atoms with Gasteiger partial charge in [-0.25, -0.2) is 4.98 Å². The number of nitrogens with one attached hydrogen (secondary N) is 2. The monoisotopic (exact) mass is 605 g/mol. The molecule has 0 saturated heterocycles. The number of hydrogen-bond donors (Lipinski definition) is 3. The van der Waals surface area contributed by atoms with E-state index < -0.39 is 10.9 Å². The first-order valence-electron chi connectivity index (χ1n) is 14.1. The molecule has 9 nitrogen and oxygen atoms in total. The van der Waals surface area contributed by atoms with Gasteiger partial charge >= 0.3 is 0 Å². The summed E-state index contributed by atoms with van der Waals surface area (Å²) in [6.45, 7) is -0.132. The first kappa shape index (κ1) is 30.5. The van der Waals surface area contributed by atoms with Gasteiger partial charge in [-0.05, 0) is 54.3 Å². The van der Waals surface area contributed by atoms with Gasteiger partial charge < -0.3 is 20.2 Å². The Kier molecular flexibility index (Phi) is 10.0. The number of aliphatic hydroxyl groups is 1. The van der Waals surface area contributed by atoms with Gasteiger partial charge in [0.15, 0.2) is 11.2 Å². The number of pyridine rings is 1. The Balaban J connectivity index is 1.34. The minimum atomic E-state index is -1.60. The zero-order chi connectivity index (χ0) is 30.8. The summed E-state index contributed by atoms with van der Waals surface area (Å²) in [5.74, 6) is -0.230. The molecule has 2 aromatic heterocycles. The van der Waals surface area contributed by atoms with E-state index in [4.69, 9.17) is 4.42 Å². The Bertz CT molecular complexity index is 1720. The van der Waals surface area contributed by atoms with E-state index in [0.29, 0.717) is 34.4 Å². The lowest BCUT2D eigenvalue weighted by molar-refractivity contribution is -0.122. The highest BCUT2D eigenvalue weighted by molar-refractivity contribution is 7.99. The highest BCUT2D eigenvalue weighted by Gasteiger charge is 2.36. The van der Waals surface area contributed by atoms with Gasteiger partial charge in [0, 0.05) is 30.3 Å². The summed E-state index contributed by atoms with van der Waals surface area (Å²) >= 11 is 1.30. The average molecular weight is 606 g/mol. The van der Waals surface area contributed by atoms with Gasteiger partial charge in [0.05, 0.1) is 18.2 Å². The average Bonchev–Trinajstić information content (AvgIpc) is 3.53. The highest BCUT2D eigenvalue weighted by Crippen LogP contribution is 2.29. The van der Waals surface area contributed by atoms with E-state index in [1.54, 1.807) is 36.4 Å². The fourth-order valence-corrected chi connectivity index (χ4v) is 5.72. The normalized spacial score (nSPS) is 13.0. The zero-order valence-electron chi connectivity index (χ0n) is 23.8. The van der Waals surface area contributed by atoms with Crippen molar-refractivity contribution in [3.05, 3.63) is 132 Å². The second kappa shape index (κ2) is 14.5. The number of thioether (sulfide) groups is 1. The second-order valence-electron chi connectivity index (χ2n) is 10.2. The number of amides is 2. The quantitative estimate of drug-likeness (QED) is 0.174. The molecule has 0 radical (unpaired) electrons. The molecular formula is C34H31N5O4S. The number of nitrogens with zero attached hydrogens (tertiary/aromatic N) is 3. The van der Waals surface area contributed by atoms with Gasteiger partial charge in [0.1, 0.15) is 10.8 Å². The molecule has 10 heteroatoms. The Hall–Kier alpha value is -4.98. The van der Waals surface area contributed by atoms with Crippen molar-refractivity contribution in [1.82, 2.24) is 20.6 Å². The number of carbonyl (C=O) groups excluding carboxylic acids is 2. The lowest BCUT2D eigenvalue weighted by atomic mass is 9.94. The van der Waals surface area contributed by atoms with Crippen LogP contribution in [-0.2, 0) is 22.6 Å². The molecule has 3 aromatic carbocycles. The smallest absolute Gasteiger partial charge is 0.251 e. The maximum absolute atomic E-state index is 13.7. The molecule has 0 aliphatic rings.